The molecule has 1 aliphatic rings. The van der Waals surface area contributed by atoms with E-state index >= 15 is 0 Å². The average molecular weight is 363 g/mol. The second kappa shape index (κ2) is 7.87. The predicted molar refractivity (Wildman–Crippen MR) is 112 cm³/mol. The van der Waals surface area contributed by atoms with Crippen molar-refractivity contribution in [3.8, 4) is 0 Å². The molecule has 0 saturated carbocycles. The van der Waals surface area contributed by atoms with Crippen LogP contribution in [0.4, 0.5) is 0 Å². The van der Waals surface area contributed by atoms with E-state index in [0.29, 0.717) is 0 Å². The number of benzene rings is 2. The number of piperidine rings is 1. The van der Waals surface area contributed by atoms with Crippen LogP contribution < -0.4 is 0 Å². The Kier molecular flexibility index (Phi) is 5.33. The Morgan fingerprint density at radius 3 is 2.48 bits per heavy atom. The number of hydrogen-bond donors (Lipinski definition) is 1. The van der Waals surface area contributed by atoms with E-state index in [4.69, 9.17) is 0 Å². The van der Waals surface area contributed by atoms with Crippen LogP contribution in [0.2, 0.25) is 0 Å². The molecule has 142 valence electrons. The van der Waals surface area contributed by atoms with E-state index in [1.165, 1.54) is 29.3 Å². The lowest BCUT2D eigenvalue weighted by Gasteiger charge is -2.38. The number of aryl methyl sites for hydroxylation is 2. The van der Waals surface area contributed by atoms with Crippen LogP contribution in [-0.4, -0.2) is 34.2 Å². The Hall–Kier alpha value is -2.10. The molecular weight excluding hydrogens is 332 g/mol. The van der Waals surface area contributed by atoms with Gasteiger partial charge in [-0.25, -0.2) is 0 Å². The summed E-state index contributed by atoms with van der Waals surface area (Å²) in [4.78, 5) is 2.51. The van der Waals surface area contributed by atoms with Crippen molar-refractivity contribution < 1.29 is 5.11 Å². The number of likely N-dealkylation sites (tertiary alicyclic amines) is 1. The minimum absolute atomic E-state index is 0.638. The summed E-state index contributed by atoms with van der Waals surface area (Å²) in [6.45, 7) is 3.11. The fraction of sp³-hybridized carbons (Fsp3) is 0.417. The number of hydrogen-bond acceptors (Lipinski definition) is 2. The van der Waals surface area contributed by atoms with Crippen molar-refractivity contribution in [1.29, 1.82) is 0 Å². The summed E-state index contributed by atoms with van der Waals surface area (Å²) in [6.07, 6.45) is 7.39. The Balaban J connectivity index is 1.25. The van der Waals surface area contributed by atoms with E-state index in [-0.39, 0.29) is 0 Å². The largest absolute Gasteiger partial charge is 0.385 e. The van der Waals surface area contributed by atoms with Crippen LogP contribution in [0.1, 0.15) is 36.8 Å². The number of fused-ring (bicyclic) bond motifs is 1. The molecule has 0 amide bonds. The molecule has 1 aliphatic heterocycles. The molecule has 0 unspecified atom stereocenters. The van der Waals surface area contributed by atoms with Gasteiger partial charge in [-0.05, 0) is 61.9 Å². The minimum atomic E-state index is -0.638. The van der Waals surface area contributed by atoms with Gasteiger partial charge in [0.15, 0.2) is 0 Å². The Morgan fingerprint density at radius 1 is 0.926 bits per heavy atom. The summed E-state index contributed by atoms with van der Waals surface area (Å²) < 4.78 is 2.19. The van der Waals surface area contributed by atoms with Crippen molar-refractivity contribution >= 4 is 10.9 Å². The highest BCUT2D eigenvalue weighted by molar-refractivity contribution is 5.83. The molecule has 3 aromatic rings. The third kappa shape index (κ3) is 3.95. The van der Waals surface area contributed by atoms with Crippen molar-refractivity contribution in [3.05, 3.63) is 71.9 Å². The highest BCUT2D eigenvalue weighted by atomic mass is 16.3. The molecule has 1 fully saturated rings. The first-order chi connectivity index (χ1) is 13.2. The van der Waals surface area contributed by atoms with Crippen molar-refractivity contribution in [2.24, 2.45) is 7.05 Å². The summed E-state index contributed by atoms with van der Waals surface area (Å²) in [5.41, 5.74) is 3.22. The SMILES string of the molecule is Cn1ccc2c(CCCCN3CCC(O)(c4ccccc4)CC3)cccc21. The molecule has 3 nitrogen and oxygen atoms in total. The standard InChI is InChI=1S/C24H30N2O/c1-25-17-13-22-20(9-7-12-23(22)25)8-5-6-16-26-18-14-24(27,15-19-26)21-10-3-2-4-11-21/h2-4,7,9-13,17,27H,5-6,8,14-16,18-19H2,1H3. The van der Waals surface area contributed by atoms with Gasteiger partial charge in [-0.1, -0.05) is 42.5 Å². The molecule has 2 aromatic carbocycles. The number of unbranched alkanes of at least 4 members (excludes halogenated alkanes) is 1. The first-order valence-electron chi connectivity index (χ1n) is 10.2. The number of aromatic nitrogens is 1. The van der Waals surface area contributed by atoms with Crippen molar-refractivity contribution in [2.75, 3.05) is 19.6 Å². The predicted octanol–water partition coefficient (Wildman–Crippen LogP) is 4.48. The molecule has 0 bridgehead atoms. The Morgan fingerprint density at radius 2 is 1.70 bits per heavy atom. The smallest absolute Gasteiger partial charge is 0.0920 e. The van der Waals surface area contributed by atoms with Crippen molar-refractivity contribution in [3.63, 3.8) is 0 Å². The normalized spacial score (nSPS) is 17.4. The summed E-state index contributed by atoms with van der Waals surface area (Å²) >= 11 is 0. The number of rotatable bonds is 6. The first-order valence-corrected chi connectivity index (χ1v) is 10.2. The minimum Gasteiger partial charge on any atom is -0.385 e. The van der Waals surface area contributed by atoms with E-state index in [1.807, 2.05) is 18.2 Å². The van der Waals surface area contributed by atoms with Crippen LogP contribution in [0.15, 0.2) is 60.8 Å². The molecule has 0 atom stereocenters. The van der Waals surface area contributed by atoms with Crippen LogP contribution in [0.3, 0.4) is 0 Å². The second-order valence-corrected chi connectivity index (χ2v) is 7.97. The molecule has 0 aliphatic carbocycles. The monoisotopic (exact) mass is 362 g/mol. The van der Waals surface area contributed by atoms with Crippen LogP contribution in [0.5, 0.6) is 0 Å². The zero-order chi connectivity index (χ0) is 18.7. The topological polar surface area (TPSA) is 28.4 Å². The molecule has 2 heterocycles. The Bertz CT molecular complexity index is 876. The van der Waals surface area contributed by atoms with Gasteiger partial charge in [-0.15, -0.1) is 0 Å². The van der Waals surface area contributed by atoms with Crippen LogP contribution in [0, 0.1) is 0 Å². The number of nitrogens with zero attached hydrogens (tertiary/aromatic N) is 2. The van der Waals surface area contributed by atoms with E-state index in [9.17, 15) is 5.11 Å². The van der Waals surface area contributed by atoms with Gasteiger partial charge in [0.1, 0.15) is 0 Å². The summed E-state index contributed by atoms with van der Waals surface area (Å²) in [7, 11) is 2.11. The molecule has 0 spiro atoms. The average Bonchev–Trinajstić information content (AvgIpc) is 3.09. The highest BCUT2D eigenvalue weighted by Crippen LogP contribution is 2.32. The van der Waals surface area contributed by atoms with Crippen LogP contribution in [0.25, 0.3) is 10.9 Å². The zero-order valence-corrected chi connectivity index (χ0v) is 16.3. The van der Waals surface area contributed by atoms with Gasteiger partial charge in [0.2, 0.25) is 0 Å². The van der Waals surface area contributed by atoms with E-state index < -0.39 is 5.60 Å². The van der Waals surface area contributed by atoms with Gasteiger partial charge in [0.05, 0.1) is 5.60 Å². The fourth-order valence-electron chi connectivity index (χ4n) is 4.42. The van der Waals surface area contributed by atoms with Crippen molar-refractivity contribution in [2.45, 2.75) is 37.7 Å². The van der Waals surface area contributed by atoms with Gasteiger partial charge in [-0.3, -0.25) is 0 Å². The van der Waals surface area contributed by atoms with E-state index in [0.717, 1.165) is 44.5 Å². The molecule has 1 aromatic heterocycles. The molecule has 1 saturated heterocycles. The van der Waals surface area contributed by atoms with Crippen LogP contribution >= 0.6 is 0 Å². The van der Waals surface area contributed by atoms with Gasteiger partial charge in [-0.2, -0.15) is 0 Å². The maximum Gasteiger partial charge on any atom is 0.0920 e. The van der Waals surface area contributed by atoms with Gasteiger partial charge >= 0.3 is 0 Å². The second-order valence-electron chi connectivity index (χ2n) is 7.97. The lowest BCUT2D eigenvalue weighted by atomic mass is 9.84. The maximum absolute atomic E-state index is 11.0. The molecule has 0 radical (unpaired) electrons. The summed E-state index contributed by atoms with van der Waals surface area (Å²) in [5, 5.41) is 12.3. The van der Waals surface area contributed by atoms with Gasteiger partial charge in [0, 0.05) is 37.2 Å². The fourth-order valence-corrected chi connectivity index (χ4v) is 4.42. The summed E-state index contributed by atoms with van der Waals surface area (Å²) in [6, 6.07) is 19.0. The lowest BCUT2D eigenvalue weighted by Crippen LogP contribution is -2.42. The first kappa shape index (κ1) is 18.3. The van der Waals surface area contributed by atoms with E-state index in [1.54, 1.807) is 0 Å². The third-order valence-corrected chi connectivity index (χ3v) is 6.18. The van der Waals surface area contributed by atoms with Crippen LogP contribution in [-0.2, 0) is 19.1 Å². The van der Waals surface area contributed by atoms with Gasteiger partial charge in [0.25, 0.3) is 0 Å². The molecular formula is C24H30N2O. The highest BCUT2D eigenvalue weighted by Gasteiger charge is 2.33. The van der Waals surface area contributed by atoms with Crippen molar-refractivity contribution in [1.82, 2.24) is 9.47 Å². The molecule has 3 heteroatoms. The lowest BCUT2D eigenvalue weighted by molar-refractivity contribution is -0.0260. The maximum atomic E-state index is 11.0. The Labute approximate surface area is 162 Å². The molecule has 4 rings (SSSR count). The van der Waals surface area contributed by atoms with Gasteiger partial charge < -0.3 is 14.6 Å². The zero-order valence-electron chi connectivity index (χ0n) is 16.3. The third-order valence-electron chi connectivity index (χ3n) is 6.18. The quantitative estimate of drug-likeness (QED) is 0.655. The molecule has 1 N–H and O–H groups in total. The summed E-state index contributed by atoms with van der Waals surface area (Å²) in [5.74, 6) is 0. The molecule has 27 heavy (non-hydrogen) atoms. The number of aliphatic hydroxyl groups is 1. The van der Waals surface area contributed by atoms with E-state index in [2.05, 4.69) is 59.1 Å².